The van der Waals surface area contributed by atoms with Crippen LogP contribution in [0.5, 0.6) is 0 Å². The van der Waals surface area contributed by atoms with Crippen molar-refractivity contribution in [2.75, 3.05) is 24.7 Å². The summed E-state index contributed by atoms with van der Waals surface area (Å²) in [6.45, 7) is 22.8. The maximum Gasteiger partial charge on any atom is 0.0510 e. The Balaban J connectivity index is 2.51. The highest BCUT2D eigenvalue weighted by molar-refractivity contribution is 7.89. The summed E-state index contributed by atoms with van der Waals surface area (Å²) in [5, 5.41) is 6.86. The molecule has 3 rings (SSSR count). The molecule has 0 atom stereocenters. The van der Waals surface area contributed by atoms with E-state index in [2.05, 4.69) is 120 Å². The van der Waals surface area contributed by atoms with E-state index in [1.54, 1.807) is 11.1 Å². The third-order valence-corrected chi connectivity index (χ3v) is 80.6. The standard InChI is InChI=1S/C24H42N2Si4/c1-25-18-12-14-20-21-15-13-19(26-2)17-23(21)24(22(20)16-18)30(27(3,4)5,28(6,7)8)29(9,10)11/h12-17,24-26H,1-11H3. The Morgan fingerprint density at radius 3 is 1.17 bits per heavy atom. The van der Waals surface area contributed by atoms with Crippen LogP contribution in [-0.2, 0) is 0 Å². The first-order valence-electron chi connectivity index (χ1n) is 11.3. The molecule has 30 heavy (non-hydrogen) atoms. The number of fused-ring (bicyclic) bond motifs is 3. The fourth-order valence-electron chi connectivity index (χ4n) is 7.71. The van der Waals surface area contributed by atoms with Gasteiger partial charge >= 0.3 is 0 Å². The topological polar surface area (TPSA) is 24.1 Å². The molecule has 2 aromatic rings. The van der Waals surface area contributed by atoms with Crippen LogP contribution in [0.4, 0.5) is 11.4 Å². The molecule has 0 amide bonds. The molecule has 0 unspecified atom stereocenters. The van der Waals surface area contributed by atoms with Crippen molar-refractivity contribution in [3.63, 3.8) is 0 Å². The van der Waals surface area contributed by atoms with Crippen LogP contribution in [0.2, 0.25) is 58.9 Å². The fourth-order valence-corrected chi connectivity index (χ4v) is 110. The van der Waals surface area contributed by atoms with Crippen molar-refractivity contribution in [3.8, 4) is 11.1 Å². The van der Waals surface area contributed by atoms with Crippen molar-refractivity contribution < 1.29 is 0 Å². The zero-order valence-corrected chi connectivity index (χ0v) is 25.0. The summed E-state index contributed by atoms with van der Waals surface area (Å²) in [6.07, 6.45) is 0. The molecule has 0 bridgehead atoms. The van der Waals surface area contributed by atoms with E-state index in [1.165, 1.54) is 22.5 Å². The van der Waals surface area contributed by atoms with Crippen LogP contribution < -0.4 is 10.6 Å². The van der Waals surface area contributed by atoms with Crippen molar-refractivity contribution in [1.29, 1.82) is 0 Å². The minimum absolute atomic E-state index is 0.633. The largest absolute Gasteiger partial charge is 0.388 e. The van der Waals surface area contributed by atoms with Gasteiger partial charge in [0.1, 0.15) is 0 Å². The smallest absolute Gasteiger partial charge is 0.0510 e. The second-order valence-electron chi connectivity index (χ2n) is 12.1. The van der Waals surface area contributed by atoms with Crippen LogP contribution in [-0.4, -0.2) is 43.5 Å². The van der Waals surface area contributed by atoms with Crippen LogP contribution >= 0.6 is 0 Å². The summed E-state index contributed by atoms with van der Waals surface area (Å²) in [5.74, 6) is 0. The maximum absolute atomic E-state index is 3.43. The molecule has 2 N–H and O–H groups in total. The molecule has 2 aromatic carbocycles. The number of anilines is 2. The molecule has 0 fully saturated rings. The number of nitrogens with one attached hydrogen (secondary N) is 2. The zero-order valence-electron chi connectivity index (χ0n) is 21.0. The number of hydrogen-bond donors (Lipinski definition) is 2. The molecule has 1 aliphatic rings. The Morgan fingerprint density at radius 1 is 0.567 bits per heavy atom. The predicted octanol–water partition coefficient (Wildman–Crippen LogP) is 7.12. The van der Waals surface area contributed by atoms with E-state index in [-0.39, 0.29) is 0 Å². The predicted molar refractivity (Wildman–Crippen MR) is 149 cm³/mol. The van der Waals surface area contributed by atoms with E-state index in [0.717, 1.165) is 0 Å². The number of rotatable bonds is 6. The van der Waals surface area contributed by atoms with E-state index in [4.69, 9.17) is 0 Å². The van der Waals surface area contributed by atoms with Gasteiger partial charge in [-0.2, -0.15) is 0 Å². The number of hydrogen-bond acceptors (Lipinski definition) is 2. The van der Waals surface area contributed by atoms with Gasteiger partial charge in [0.2, 0.25) is 0 Å². The Morgan fingerprint density at radius 2 is 0.900 bits per heavy atom. The summed E-state index contributed by atoms with van der Waals surface area (Å²) in [4.78, 5) is 0. The molecule has 0 saturated carbocycles. The molecular formula is C24H42N2Si4. The normalized spacial score (nSPS) is 15.0. The molecule has 0 aromatic heterocycles. The molecule has 0 saturated heterocycles. The van der Waals surface area contributed by atoms with Gasteiger partial charge in [0.05, 0.1) is 6.63 Å². The Bertz CT molecular complexity index is 860. The zero-order chi connectivity index (χ0) is 22.7. The van der Waals surface area contributed by atoms with Crippen LogP contribution in [0.1, 0.15) is 16.7 Å². The molecule has 0 heterocycles. The number of benzene rings is 2. The van der Waals surface area contributed by atoms with Crippen LogP contribution in [0.25, 0.3) is 11.1 Å². The first kappa shape index (κ1) is 23.6. The van der Waals surface area contributed by atoms with Crippen LogP contribution in [0.15, 0.2) is 36.4 Å². The first-order chi connectivity index (χ1) is 13.7. The second kappa shape index (κ2) is 7.50. The summed E-state index contributed by atoms with van der Waals surface area (Å²) in [6, 6.07) is 14.3. The Kier molecular flexibility index (Phi) is 5.89. The van der Waals surface area contributed by atoms with E-state index in [9.17, 15) is 0 Å². The lowest BCUT2D eigenvalue weighted by Gasteiger charge is -2.61. The summed E-state index contributed by atoms with van der Waals surface area (Å²) in [5.41, 5.74) is 9.38. The van der Waals surface area contributed by atoms with E-state index in [0.29, 0.717) is 5.54 Å². The highest BCUT2D eigenvalue weighted by atomic mass is 29.9. The minimum atomic E-state index is -1.68. The van der Waals surface area contributed by atoms with Gasteiger partial charge < -0.3 is 10.6 Å². The summed E-state index contributed by atoms with van der Waals surface area (Å²) < 4.78 is 0. The van der Waals surface area contributed by atoms with Crippen molar-refractivity contribution >= 4 is 40.8 Å². The molecule has 0 spiro atoms. The molecule has 164 valence electrons. The highest BCUT2D eigenvalue weighted by Gasteiger charge is 2.66. The SMILES string of the molecule is CNc1ccc2c(c1)C([Si]([Si](C)(C)C)([Si](C)(C)C)[Si](C)(C)C)c1cc(NC)ccc1-2. The van der Waals surface area contributed by atoms with E-state index >= 15 is 0 Å². The quantitative estimate of drug-likeness (QED) is 0.439. The van der Waals surface area contributed by atoms with Crippen LogP contribution in [0.3, 0.4) is 0 Å². The second-order valence-corrected chi connectivity index (χ2v) is 52.9. The monoisotopic (exact) mass is 470 g/mol. The average Bonchev–Trinajstić information content (AvgIpc) is 2.91. The van der Waals surface area contributed by atoms with Gasteiger partial charge in [-0.25, -0.2) is 0 Å². The highest BCUT2D eigenvalue weighted by Crippen LogP contribution is 2.56. The lowest BCUT2D eigenvalue weighted by Crippen LogP contribution is -2.85. The summed E-state index contributed by atoms with van der Waals surface area (Å²) >= 11 is 0. The summed E-state index contributed by atoms with van der Waals surface area (Å²) in [7, 11) is -0.223. The van der Waals surface area contributed by atoms with Gasteiger partial charge in [0, 0.05) is 48.2 Å². The molecule has 1 aliphatic carbocycles. The molecular weight excluding hydrogens is 429 g/mol. The molecule has 0 aliphatic heterocycles. The average molecular weight is 471 g/mol. The fraction of sp³-hybridized carbons (Fsp3) is 0.500. The van der Waals surface area contributed by atoms with Crippen LogP contribution in [0, 0.1) is 0 Å². The van der Waals surface area contributed by atoms with Crippen molar-refractivity contribution in [2.45, 2.75) is 64.5 Å². The van der Waals surface area contributed by atoms with Gasteiger partial charge in [-0.05, 0) is 52.1 Å². The van der Waals surface area contributed by atoms with Gasteiger partial charge in [-0.1, -0.05) is 71.1 Å². The third-order valence-electron chi connectivity index (χ3n) is 7.57. The van der Waals surface area contributed by atoms with Crippen molar-refractivity contribution in [3.05, 3.63) is 47.5 Å². The lowest BCUT2D eigenvalue weighted by atomic mass is 10.1. The van der Waals surface area contributed by atoms with E-state index in [1.807, 2.05) is 0 Å². The third kappa shape index (κ3) is 3.31. The molecule has 0 radical (unpaired) electrons. The van der Waals surface area contributed by atoms with Gasteiger partial charge in [0.25, 0.3) is 0 Å². The van der Waals surface area contributed by atoms with Gasteiger partial charge in [-0.15, -0.1) is 0 Å². The van der Waals surface area contributed by atoms with Crippen molar-refractivity contribution in [1.82, 2.24) is 0 Å². The Hall–Kier alpha value is -1.09. The van der Waals surface area contributed by atoms with Gasteiger partial charge in [-0.3, -0.25) is 0 Å². The lowest BCUT2D eigenvalue weighted by molar-refractivity contribution is 1.16. The van der Waals surface area contributed by atoms with Crippen molar-refractivity contribution in [2.24, 2.45) is 0 Å². The molecule has 2 nitrogen and oxygen atoms in total. The van der Waals surface area contributed by atoms with E-state index < -0.39 is 29.4 Å². The minimum Gasteiger partial charge on any atom is -0.388 e. The first-order valence-corrected chi connectivity index (χ1v) is 26.9. The molecule has 6 heteroatoms. The Labute approximate surface area is 188 Å². The maximum atomic E-state index is 3.43. The van der Waals surface area contributed by atoms with Gasteiger partial charge in [0.15, 0.2) is 0 Å².